The van der Waals surface area contributed by atoms with Crippen molar-refractivity contribution >= 4 is 0 Å². The molecule has 0 amide bonds. The van der Waals surface area contributed by atoms with Gasteiger partial charge < -0.3 is 10.5 Å². The Labute approximate surface area is 97.8 Å². The van der Waals surface area contributed by atoms with Gasteiger partial charge in [0.2, 0.25) is 0 Å². The zero-order chi connectivity index (χ0) is 11.4. The van der Waals surface area contributed by atoms with Crippen molar-refractivity contribution in [2.45, 2.75) is 31.1 Å². The Hall–Kier alpha value is -0.860. The SMILES string of the molecule is COCC1(c2ccccc2CCCN)CC1. The largest absolute Gasteiger partial charge is 0.384 e. The van der Waals surface area contributed by atoms with E-state index in [9.17, 15) is 0 Å². The van der Waals surface area contributed by atoms with E-state index in [4.69, 9.17) is 10.5 Å². The molecule has 2 heteroatoms. The minimum atomic E-state index is 0.319. The number of hydrogen-bond acceptors (Lipinski definition) is 2. The van der Waals surface area contributed by atoms with Crippen molar-refractivity contribution in [1.29, 1.82) is 0 Å². The first-order chi connectivity index (χ1) is 7.82. The minimum absolute atomic E-state index is 0.319. The van der Waals surface area contributed by atoms with E-state index in [0.717, 1.165) is 26.0 Å². The highest BCUT2D eigenvalue weighted by Crippen LogP contribution is 2.49. The molecular formula is C14H21NO. The van der Waals surface area contributed by atoms with Crippen LogP contribution in [0.25, 0.3) is 0 Å². The third-order valence-corrected chi connectivity index (χ3v) is 3.51. The van der Waals surface area contributed by atoms with Gasteiger partial charge in [-0.25, -0.2) is 0 Å². The molecule has 2 N–H and O–H groups in total. The number of methoxy groups -OCH3 is 1. The predicted octanol–water partition coefficient (Wildman–Crippen LogP) is 2.26. The highest BCUT2D eigenvalue weighted by molar-refractivity contribution is 5.38. The number of rotatable bonds is 6. The Bertz CT molecular complexity index is 344. The topological polar surface area (TPSA) is 35.2 Å². The molecule has 0 unspecified atom stereocenters. The van der Waals surface area contributed by atoms with E-state index in [1.54, 1.807) is 7.11 Å². The molecule has 1 aromatic rings. The van der Waals surface area contributed by atoms with Gasteiger partial charge in [0.05, 0.1) is 6.61 Å². The van der Waals surface area contributed by atoms with Gasteiger partial charge in [-0.3, -0.25) is 0 Å². The molecule has 16 heavy (non-hydrogen) atoms. The standard InChI is InChI=1S/C14H21NO/c1-16-11-14(8-9-14)13-7-3-2-5-12(13)6-4-10-15/h2-3,5,7H,4,6,8-11,15H2,1H3. The van der Waals surface area contributed by atoms with Crippen LogP contribution in [0.2, 0.25) is 0 Å². The van der Waals surface area contributed by atoms with Crippen LogP contribution in [0.3, 0.4) is 0 Å². The lowest BCUT2D eigenvalue weighted by Gasteiger charge is -2.18. The van der Waals surface area contributed by atoms with Crippen LogP contribution in [-0.2, 0) is 16.6 Å². The monoisotopic (exact) mass is 219 g/mol. The van der Waals surface area contributed by atoms with E-state index in [0.29, 0.717) is 5.41 Å². The van der Waals surface area contributed by atoms with Crippen LogP contribution in [-0.4, -0.2) is 20.3 Å². The molecular weight excluding hydrogens is 198 g/mol. The molecule has 0 aromatic heterocycles. The smallest absolute Gasteiger partial charge is 0.0559 e. The van der Waals surface area contributed by atoms with Crippen LogP contribution in [0.5, 0.6) is 0 Å². The number of benzene rings is 1. The summed E-state index contributed by atoms with van der Waals surface area (Å²) in [6.07, 6.45) is 4.69. The van der Waals surface area contributed by atoms with E-state index in [-0.39, 0.29) is 0 Å². The molecule has 1 fully saturated rings. The molecule has 2 nitrogen and oxygen atoms in total. The molecule has 0 aliphatic heterocycles. The second-order valence-electron chi connectivity index (χ2n) is 4.76. The van der Waals surface area contributed by atoms with Gasteiger partial charge in [-0.05, 0) is 43.4 Å². The molecule has 1 saturated carbocycles. The Morgan fingerprint density at radius 2 is 2.06 bits per heavy atom. The van der Waals surface area contributed by atoms with E-state index >= 15 is 0 Å². The molecule has 0 bridgehead atoms. The normalized spacial score (nSPS) is 17.4. The summed E-state index contributed by atoms with van der Waals surface area (Å²) < 4.78 is 5.36. The Morgan fingerprint density at radius 3 is 2.69 bits per heavy atom. The van der Waals surface area contributed by atoms with Crippen LogP contribution >= 0.6 is 0 Å². The third kappa shape index (κ3) is 2.28. The molecule has 0 spiro atoms. The maximum Gasteiger partial charge on any atom is 0.0559 e. The van der Waals surface area contributed by atoms with E-state index in [1.807, 2.05) is 0 Å². The summed E-state index contributed by atoms with van der Waals surface area (Å²) in [6, 6.07) is 8.76. The summed E-state index contributed by atoms with van der Waals surface area (Å²) in [4.78, 5) is 0. The van der Waals surface area contributed by atoms with Crippen molar-refractivity contribution in [3.63, 3.8) is 0 Å². The lowest BCUT2D eigenvalue weighted by atomic mass is 9.90. The number of aryl methyl sites for hydroxylation is 1. The maximum absolute atomic E-state index is 5.59. The van der Waals surface area contributed by atoms with E-state index in [2.05, 4.69) is 24.3 Å². The van der Waals surface area contributed by atoms with Crippen LogP contribution in [0, 0.1) is 0 Å². The van der Waals surface area contributed by atoms with Crippen molar-refractivity contribution in [3.05, 3.63) is 35.4 Å². The molecule has 1 aliphatic carbocycles. The van der Waals surface area contributed by atoms with Gasteiger partial charge in [-0.1, -0.05) is 24.3 Å². The van der Waals surface area contributed by atoms with Gasteiger partial charge in [0.15, 0.2) is 0 Å². The second kappa shape index (κ2) is 4.98. The van der Waals surface area contributed by atoms with Crippen molar-refractivity contribution in [3.8, 4) is 0 Å². The zero-order valence-electron chi connectivity index (χ0n) is 10.0. The summed E-state index contributed by atoms with van der Waals surface area (Å²) in [5.41, 5.74) is 8.86. The molecule has 88 valence electrons. The molecule has 0 atom stereocenters. The number of nitrogens with two attached hydrogens (primary N) is 1. The predicted molar refractivity (Wildman–Crippen MR) is 66.6 cm³/mol. The van der Waals surface area contributed by atoms with Crippen molar-refractivity contribution in [2.75, 3.05) is 20.3 Å². The van der Waals surface area contributed by atoms with Crippen molar-refractivity contribution < 1.29 is 4.74 Å². The number of hydrogen-bond donors (Lipinski definition) is 1. The van der Waals surface area contributed by atoms with Gasteiger partial charge in [0.25, 0.3) is 0 Å². The average molecular weight is 219 g/mol. The van der Waals surface area contributed by atoms with Gasteiger partial charge >= 0.3 is 0 Å². The zero-order valence-corrected chi connectivity index (χ0v) is 10.0. The lowest BCUT2D eigenvalue weighted by Crippen LogP contribution is -2.16. The molecule has 0 heterocycles. The minimum Gasteiger partial charge on any atom is -0.384 e. The van der Waals surface area contributed by atoms with Crippen molar-refractivity contribution in [2.24, 2.45) is 5.73 Å². The summed E-state index contributed by atoms with van der Waals surface area (Å²) >= 11 is 0. The highest BCUT2D eigenvalue weighted by Gasteiger charge is 2.45. The summed E-state index contributed by atoms with van der Waals surface area (Å²) in [7, 11) is 1.79. The Balaban J connectivity index is 2.19. The van der Waals surface area contributed by atoms with Crippen molar-refractivity contribution in [1.82, 2.24) is 0 Å². The first-order valence-electron chi connectivity index (χ1n) is 6.10. The summed E-state index contributed by atoms with van der Waals surface area (Å²) in [6.45, 7) is 1.62. The third-order valence-electron chi connectivity index (χ3n) is 3.51. The quantitative estimate of drug-likeness (QED) is 0.796. The molecule has 0 saturated heterocycles. The van der Waals surface area contributed by atoms with Crippen LogP contribution in [0.1, 0.15) is 30.4 Å². The molecule has 1 aliphatic rings. The van der Waals surface area contributed by atoms with Gasteiger partial charge in [0.1, 0.15) is 0 Å². The van der Waals surface area contributed by atoms with Crippen LogP contribution < -0.4 is 5.73 Å². The van der Waals surface area contributed by atoms with Gasteiger partial charge in [-0.15, -0.1) is 0 Å². The Kier molecular flexibility index (Phi) is 3.62. The fourth-order valence-electron chi connectivity index (χ4n) is 2.47. The fraction of sp³-hybridized carbons (Fsp3) is 0.571. The summed E-state index contributed by atoms with van der Waals surface area (Å²) in [5, 5.41) is 0. The van der Waals surface area contributed by atoms with E-state index < -0.39 is 0 Å². The van der Waals surface area contributed by atoms with Gasteiger partial charge in [-0.2, -0.15) is 0 Å². The first-order valence-corrected chi connectivity index (χ1v) is 6.10. The van der Waals surface area contributed by atoms with E-state index in [1.165, 1.54) is 24.0 Å². The first kappa shape index (κ1) is 11.6. The Morgan fingerprint density at radius 1 is 1.31 bits per heavy atom. The molecule has 1 aromatic carbocycles. The molecule has 0 radical (unpaired) electrons. The van der Waals surface area contributed by atoms with Crippen LogP contribution in [0.4, 0.5) is 0 Å². The fourth-order valence-corrected chi connectivity index (χ4v) is 2.47. The van der Waals surface area contributed by atoms with Gasteiger partial charge in [0, 0.05) is 12.5 Å². The maximum atomic E-state index is 5.59. The summed E-state index contributed by atoms with van der Waals surface area (Å²) in [5.74, 6) is 0. The lowest BCUT2D eigenvalue weighted by molar-refractivity contribution is 0.171. The average Bonchev–Trinajstić information content (AvgIpc) is 3.08. The second-order valence-corrected chi connectivity index (χ2v) is 4.76. The number of ether oxygens (including phenoxy) is 1. The van der Waals surface area contributed by atoms with Crippen LogP contribution in [0.15, 0.2) is 24.3 Å². The highest BCUT2D eigenvalue weighted by atomic mass is 16.5. The molecule has 2 rings (SSSR count).